The lowest BCUT2D eigenvalue weighted by Gasteiger charge is -2.27. The molecule has 0 aromatic rings. The lowest BCUT2D eigenvalue weighted by atomic mass is 10.1. The van der Waals surface area contributed by atoms with Crippen LogP contribution in [0.4, 0.5) is 0 Å². The Morgan fingerprint density at radius 1 is 1.40 bits per heavy atom. The Labute approximate surface area is 92.9 Å². The second kappa shape index (κ2) is 7.65. The van der Waals surface area contributed by atoms with Crippen molar-refractivity contribution in [3.63, 3.8) is 0 Å². The number of nitrogens with zero attached hydrogens (tertiary/aromatic N) is 2. The highest BCUT2D eigenvalue weighted by Gasteiger charge is 2.14. The molecule has 1 aliphatic rings. The maximum atomic E-state index is 10.1. The second-order valence-corrected chi connectivity index (χ2v) is 4.08. The first-order valence-electron chi connectivity index (χ1n) is 5.55. The van der Waals surface area contributed by atoms with Crippen molar-refractivity contribution >= 4 is 5.91 Å². The predicted molar refractivity (Wildman–Crippen MR) is 61.7 cm³/mol. The third kappa shape index (κ3) is 7.33. The zero-order valence-electron chi connectivity index (χ0n) is 10.4. The van der Waals surface area contributed by atoms with Crippen LogP contribution >= 0.6 is 0 Å². The molecule has 1 rings (SSSR count). The fourth-order valence-electron chi connectivity index (χ4n) is 1.24. The van der Waals surface area contributed by atoms with Gasteiger partial charge in [-0.2, -0.15) is 0 Å². The smallest absolute Gasteiger partial charge is 0.218 e. The maximum Gasteiger partial charge on any atom is 0.218 e. The van der Waals surface area contributed by atoms with E-state index in [4.69, 9.17) is 5.11 Å². The number of amides is 1. The number of aliphatic hydroxyl groups excluding tert-OH is 1. The molecule has 0 spiro atoms. The summed E-state index contributed by atoms with van der Waals surface area (Å²) in [5, 5.41) is 9.10. The lowest BCUT2D eigenvalue weighted by Crippen LogP contribution is -2.35. The molecule has 0 aliphatic carbocycles. The van der Waals surface area contributed by atoms with Crippen LogP contribution in [0.5, 0.6) is 0 Å². The van der Waals surface area contributed by atoms with Gasteiger partial charge in [-0.15, -0.1) is 0 Å². The van der Waals surface area contributed by atoms with Crippen LogP contribution in [0.1, 0.15) is 26.7 Å². The van der Waals surface area contributed by atoms with Gasteiger partial charge in [0, 0.05) is 34.1 Å². The SMILES string of the molecule is CC(=O)N(C)C.CCN1CCC(O)CC1. The molecule has 15 heavy (non-hydrogen) atoms. The van der Waals surface area contributed by atoms with Crippen molar-refractivity contribution < 1.29 is 9.90 Å². The van der Waals surface area contributed by atoms with E-state index in [-0.39, 0.29) is 12.0 Å². The van der Waals surface area contributed by atoms with Gasteiger partial charge in [0.25, 0.3) is 0 Å². The summed E-state index contributed by atoms with van der Waals surface area (Å²) in [7, 11) is 3.45. The van der Waals surface area contributed by atoms with Gasteiger partial charge in [-0.1, -0.05) is 6.92 Å². The third-order valence-corrected chi connectivity index (χ3v) is 2.63. The molecule has 4 nitrogen and oxygen atoms in total. The fourth-order valence-corrected chi connectivity index (χ4v) is 1.24. The molecule has 1 fully saturated rings. The largest absolute Gasteiger partial charge is 0.393 e. The van der Waals surface area contributed by atoms with E-state index in [1.54, 1.807) is 14.1 Å². The first kappa shape index (κ1) is 14.4. The average Bonchev–Trinajstić information content (AvgIpc) is 2.20. The molecule has 1 N–H and O–H groups in total. The first-order valence-corrected chi connectivity index (χ1v) is 5.55. The monoisotopic (exact) mass is 216 g/mol. The standard InChI is InChI=1S/C7H15NO.C4H9NO/c1-2-8-5-3-7(9)4-6-8;1-4(6)5(2)3/h7,9H,2-6H2,1H3;1-3H3. The lowest BCUT2D eigenvalue weighted by molar-refractivity contribution is -0.126. The molecule has 0 radical (unpaired) electrons. The van der Waals surface area contributed by atoms with E-state index in [9.17, 15) is 4.79 Å². The van der Waals surface area contributed by atoms with Gasteiger partial charge in [-0.3, -0.25) is 4.79 Å². The molecule has 0 saturated carbocycles. The number of carbonyl (C=O) groups excluding carboxylic acids is 1. The minimum atomic E-state index is -0.0206. The third-order valence-electron chi connectivity index (χ3n) is 2.63. The van der Waals surface area contributed by atoms with Crippen molar-refractivity contribution in [3.05, 3.63) is 0 Å². The molecule has 4 heteroatoms. The summed E-state index contributed by atoms with van der Waals surface area (Å²) in [6.45, 7) is 6.99. The van der Waals surface area contributed by atoms with Crippen LogP contribution in [0, 0.1) is 0 Å². The van der Waals surface area contributed by atoms with Crippen LogP contribution in [-0.4, -0.2) is 60.6 Å². The maximum absolute atomic E-state index is 10.1. The van der Waals surface area contributed by atoms with Crippen molar-refractivity contribution in [2.24, 2.45) is 0 Å². The average molecular weight is 216 g/mol. The summed E-state index contributed by atoms with van der Waals surface area (Å²) in [4.78, 5) is 14.0. The molecule has 0 atom stereocenters. The Morgan fingerprint density at radius 3 is 2.07 bits per heavy atom. The number of piperidine rings is 1. The number of likely N-dealkylation sites (tertiary alicyclic amines) is 1. The predicted octanol–water partition coefficient (Wildman–Crippen LogP) is 0.557. The minimum absolute atomic E-state index is 0.0206. The molecule has 1 aliphatic heterocycles. The van der Waals surface area contributed by atoms with Crippen LogP contribution in [0.15, 0.2) is 0 Å². The molecular formula is C11H24N2O2. The number of hydrogen-bond donors (Lipinski definition) is 1. The quantitative estimate of drug-likeness (QED) is 0.696. The molecule has 1 saturated heterocycles. The van der Waals surface area contributed by atoms with Gasteiger partial charge < -0.3 is 14.9 Å². The number of hydrogen-bond acceptors (Lipinski definition) is 3. The van der Waals surface area contributed by atoms with E-state index >= 15 is 0 Å². The van der Waals surface area contributed by atoms with Crippen molar-refractivity contribution in [3.8, 4) is 0 Å². The minimum Gasteiger partial charge on any atom is -0.393 e. The van der Waals surface area contributed by atoms with Gasteiger partial charge in [-0.05, 0) is 19.4 Å². The Hall–Kier alpha value is -0.610. The molecule has 1 heterocycles. The molecule has 0 bridgehead atoms. The van der Waals surface area contributed by atoms with Gasteiger partial charge in [0.05, 0.1) is 6.10 Å². The molecule has 0 unspecified atom stereocenters. The van der Waals surface area contributed by atoms with E-state index in [1.165, 1.54) is 11.8 Å². The van der Waals surface area contributed by atoms with E-state index in [1.807, 2.05) is 0 Å². The summed E-state index contributed by atoms with van der Waals surface area (Å²) in [5.74, 6) is 0.0926. The van der Waals surface area contributed by atoms with Crippen molar-refractivity contribution in [1.82, 2.24) is 9.80 Å². The van der Waals surface area contributed by atoms with Crippen LogP contribution in [0.2, 0.25) is 0 Å². The normalized spacial score (nSPS) is 17.9. The highest BCUT2D eigenvalue weighted by atomic mass is 16.3. The topological polar surface area (TPSA) is 43.8 Å². The summed E-state index contributed by atoms with van der Waals surface area (Å²) >= 11 is 0. The number of aliphatic hydroxyl groups is 1. The zero-order valence-corrected chi connectivity index (χ0v) is 10.4. The summed E-state index contributed by atoms with van der Waals surface area (Å²) in [6.07, 6.45) is 1.91. The van der Waals surface area contributed by atoms with E-state index in [0.29, 0.717) is 0 Å². The van der Waals surface area contributed by atoms with E-state index in [0.717, 1.165) is 32.5 Å². The fraction of sp³-hybridized carbons (Fsp3) is 0.909. The van der Waals surface area contributed by atoms with Gasteiger partial charge in [0.2, 0.25) is 5.91 Å². The molecular weight excluding hydrogens is 192 g/mol. The summed E-state index contributed by atoms with van der Waals surface area (Å²) < 4.78 is 0. The van der Waals surface area contributed by atoms with Crippen molar-refractivity contribution in [2.75, 3.05) is 33.7 Å². The van der Waals surface area contributed by atoms with E-state index < -0.39 is 0 Å². The molecule has 0 aromatic heterocycles. The second-order valence-electron chi connectivity index (χ2n) is 4.08. The van der Waals surface area contributed by atoms with Gasteiger partial charge in [-0.25, -0.2) is 0 Å². The Morgan fingerprint density at radius 2 is 1.80 bits per heavy atom. The van der Waals surface area contributed by atoms with Crippen LogP contribution < -0.4 is 0 Å². The van der Waals surface area contributed by atoms with Gasteiger partial charge in [0.1, 0.15) is 0 Å². The number of carbonyl (C=O) groups is 1. The summed E-state index contributed by atoms with van der Waals surface area (Å²) in [6, 6.07) is 0. The molecule has 1 amide bonds. The Balaban J connectivity index is 0.000000288. The number of rotatable bonds is 1. The summed E-state index contributed by atoms with van der Waals surface area (Å²) in [5.41, 5.74) is 0. The first-order chi connectivity index (χ1) is 6.97. The molecule has 90 valence electrons. The van der Waals surface area contributed by atoms with Crippen LogP contribution in [0.3, 0.4) is 0 Å². The van der Waals surface area contributed by atoms with Crippen LogP contribution in [0.25, 0.3) is 0 Å². The van der Waals surface area contributed by atoms with Gasteiger partial charge in [0.15, 0.2) is 0 Å². The molecule has 0 aromatic carbocycles. The zero-order chi connectivity index (χ0) is 11.8. The van der Waals surface area contributed by atoms with Crippen LogP contribution in [-0.2, 0) is 4.79 Å². The Kier molecular flexibility index (Phi) is 7.34. The van der Waals surface area contributed by atoms with Crippen molar-refractivity contribution in [2.45, 2.75) is 32.8 Å². The van der Waals surface area contributed by atoms with E-state index in [2.05, 4.69) is 11.8 Å². The Bertz CT molecular complexity index is 175. The highest BCUT2D eigenvalue weighted by molar-refractivity contribution is 5.72. The van der Waals surface area contributed by atoms with Crippen molar-refractivity contribution in [1.29, 1.82) is 0 Å². The highest BCUT2D eigenvalue weighted by Crippen LogP contribution is 2.08. The van der Waals surface area contributed by atoms with Gasteiger partial charge >= 0.3 is 0 Å².